The molecular formula is C12H14ClNO4. The van der Waals surface area contributed by atoms with Gasteiger partial charge in [-0.2, -0.15) is 0 Å². The minimum atomic E-state index is -0.569. The Kier molecular flexibility index (Phi) is 4.41. The highest BCUT2D eigenvalue weighted by atomic mass is 35.5. The summed E-state index contributed by atoms with van der Waals surface area (Å²) in [6.45, 7) is 0.718. The molecule has 1 aromatic carbocycles. The van der Waals surface area contributed by atoms with Crippen LogP contribution in [0.25, 0.3) is 0 Å². The predicted octanol–water partition coefficient (Wildman–Crippen LogP) is 1.34. The molecule has 1 aliphatic heterocycles. The fourth-order valence-electron chi connectivity index (χ4n) is 1.68. The fourth-order valence-corrected chi connectivity index (χ4v) is 1.87. The second kappa shape index (κ2) is 6.04. The predicted molar refractivity (Wildman–Crippen MR) is 65.5 cm³/mol. The van der Waals surface area contributed by atoms with Crippen LogP contribution in [0, 0.1) is 0 Å². The molecule has 0 aliphatic carbocycles. The maximum absolute atomic E-state index is 11.7. The number of amides is 1. The van der Waals surface area contributed by atoms with Gasteiger partial charge < -0.3 is 9.47 Å². The smallest absolute Gasteiger partial charge is 0.284 e. The van der Waals surface area contributed by atoms with E-state index >= 15 is 0 Å². The minimum Gasteiger partial charge on any atom is -0.480 e. The molecular weight excluding hydrogens is 258 g/mol. The lowest BCUT2D eigenvalue weighted by Gasteiger charge is -2.10. The van der Waals surface area contributed by atoms with E-state index in [1.807, 2.05) is 0 Å². The van der Waals surface area contributed by atoms with Crippen molar-refractivity contribution >= 4 is 17.5 Å². The van der Waals surface area contributed by atoms with Crippen LogP contribution in [0.2, 0.25) is 5.02 Å². The zero-order valence-corrected chi connectivity index (χ0v) is 10.7. The highest BCUT2D eigenvalue weighted by Crippen LogP contribution is 2.30. The van der Waals surface area contributed by atoms with Gasteiger partial charge in [0.05, 0.1) is 13.2 Å². The van der Waals surface area contributed by atoms with Crippen molar-refractivity contribution in [1.82, 2.24) is 5.48 Å². The summed E-state index contributed by atoms with van der Waals surface area (Å²) in [6, 6.07) is 5.29. The van der Waals surface area contributed by atoms with Crippen molar-refractivity contribution in [3.63, 3.8) is 0 Å². The topological polar surface area (TPSA) is 56.8 Å². The van der Waals surface area contributed by atoms with Gasteiger partial charge in [-0.05, 0) is 23.8 Å². The number of carbonyl (C=O) groups excluding carboxylic acids is 1. The van der Waals surface area contributed by atoms with Gasteiger partial charge in [0.15, 0.2) is 6.10 Å². The summed E-state index contributed by atoms with van der Waals surface area (Å²) < 4.78 is 10.3. The number of benzene rings is 1. The third kappa shape index (κ3) is 3.13. The Morgan fingerprint density at radius 1 is 1.56 bits per heavy atom. The number of halogens is 1. The Balaban J connectivity index is 1.84. The second-order valence-corrected chi connectivity index (χ2v) is 4.31. The number of hydrogen-bond donors (Lipinski definition) is 1. The van der Waals surface area contributed by atoms with E-state index in [9.17, 15) is 4.79 Å². The first kappa shape index (κ1) is 13.1. The summed E-state index contributed by atoms with van der Waals surface area (Å²) in [7, 11) is 1.56. The summed E-state index contributed by atoms with van der Waals surface area (Å²) in [5.41, 5.74) is 3.26. The summed E-state index contributed by atoms with van der Waals surface area (Å²) >= 11 is 5.87. The Hall–Kier alpha value is -1.30. The van der Waals surface area contributed by atoms with Gasteiger partial charge in [0.1, 0.15) is 5.75 Å². The van der Waals surface area contributed by atoms with E-state index in [2.05, 4.69) is 5.48 Å². The van der Waals surface area contributed by atoms with Gasteiger partial charge in [0.25, 0.3) is 5.91 Å². The lowest BCUT2D eigenvalue weighted by Crippen LogP contribution is -2.37. The Morgan fingerprint density at radius 3 is 3.17 bits per heavy atom. The lowest BCUT2D eigenvalue weighted by atomic mass is 10.1. The van der Waals surface area contributed by atoms with Gasteiger partial charge in [-0.1, -0.05) is 11.6 Å². The van der Waals surface area contributed by atoms with Crippen molar-refractivity contribution in [1.29, 1.82) is 0 Å². The van der Waals surface area contributed by atoms with Gasteiger partial charge in [-0.15, -0.1) is 0 Å². The number of rotatable bonds is 5. The van der Waals surface area contributed by atoms with Crippen molar-refractivity contribution in [2.24, 2.45) is 0 Å². The van der Waals surface area contributed by atoms with Crippen LogP contribution in [0.1, 0.15) is 5.56 Å². The van der Waals surface area contributed by atoms with E-state index in [4.69, 9.17) is 25.9 Å². The number of nitrogens with one attached hydrogen (secondary N) is 1. The van der Waals surface area contributed by atoms with Crippen molar-refractivity contribution in [3.05, 3.63) is 28.8 Å². The first-order valence-electron chi connectivity index (χ1n) is 5.56. The Morgan fingerprint density at radius 2 is 2.39 bits per heavy atom. The molecule has 0 saturated heterocycles. The molecule has 0 fully saturated rings. The monoisotopic (exact) mass is 271 g/mol. The molecule has 0 spiro atoms. The molecule has 1 unspecified atom stereocenters. The minimum absolute atomic E-state index is 0.299. The molecule has 0 radical (unpaired) electrons. The van der Waals surface area contributed by atoms with Crippen LogP contribution in [0.15, 0.2) is 18.2 Å². The molecule has 0 saturated carbocycles. The van der Waals surface area contributed by atoms with Crippen LogP contribution < -0.4 is 10.2 Å². The number of hydroxylamine groups is 1. The zero-order chi connectivity index (χ0) is 13.0. The molecule has 98 valence electrons. The Bertz CT molecular complexity index is 438. The number of fused-ring (bicyclic) bond motifs is 1. The van der Waals surface area contributed by atoms with Gasteiger partial charge in [0.2, 0.25) is 0 Å². The third-order valence-electron chi connectivity index (χ3n) is 2.55. The largest absolute Gasteiger partial charge is 0.480 e. The van der Waals surface area contributed by atoms with E-state index in [-0.39, 0.29) is 5.91 Å². The van der Waals surface area contributed by atoms with Crippen molar-refractivity contribution < 1.29 is 19.1 Å². The zero-order valence-electron chi connectivity index (χ0n) is 9.94. The quantitative estimate of drug-likeness (QED) is 0.649. The first-order valence-corrected chi connectivity index (χ1v) is 5.94. The molecule has 1 heterocycles. The fraction of sp³-hybridized carbons (Fsp3) is 0.417. The van der Waals surface area contributed by atoms with Crippen LogP contribution in [0.4, 0.5) is 0 Å². The highest BCUT2D eigenvalue weighted by molar-refractivity contribution is 6.30. The molecule has 6 heteroatoms. The van der Waals surface area contributed by atoms with Crippen molar-refractivity contribution in [3.8, 4) is 5.75 Å². The lowest BCUT2D eigenvalue weighted by molar-refractivity contribution is -0.141. The molecule has 5 nitrogen and oxygen atoms in total. The highest BCUT2D eigenvalue weighted by Gasteiger charge is 2.29. The number of ether oxygens (including phenoxy) is 2. The molecule has 18 heavy (non-hydrogen) atoms. The summed E-state index contributed by atoms with van der Waals surface area (Å²) in [4.78, 5) is 16.7. The molecule has 0 aromatic heterocycles. The Labute approximate surface area is 110 Å². The molecule has 1 N–H and O–H groups in total. The number of methoxy groups -OCH3 is 1. The van der Waals surface area contributed by atoms with Crippen LogP contribution >= 0.6 is 11.6 Å². The normalized spacial score (nSPS) is 17.1. The van der Waals surface area contributed by atoms with Gasteiger partial charge in [0, 0.05) is 18.6 Å². The second-order valence-electron chi connectivity index (χ2n) is 3.87. The van der Waals surface area contributed by atoms with E-state index in [0.717, 1.165) is 5.56 Å². The maximum Gasteiger partial charge on any atom is 0.284 e. The van der Waals surface area contributed by atoms with Crippen LogP contribution in [-0.4, -0.2) is 32.3 Å². The number of carbonyl (C=O) groups is 1. The standard InChI is InChI=1S/C12H14ClNO4/c1-16-4-5-17-14-12(15)11-7-8-6-9(13)2-3-10(8)18-11/h2-3,6,11H,4-5,7H2,1H3,(H,14,15). The molecule has 0 bridgehead atoms. The van der Waals surface area contributed by atoms with Crippen LogP contribution in [0.3, 0.4) is 0 Å². The van der Waals surface area contributed by atoms with E-state index in [1.54, 1.807) is 25.3 Å². The molecule has 2 rings (SSSR count). The van der Waals surface area contributed by atoms with Gasteiger partial charge >= 0.3 is 0 Å². The summed E-state index contributed by atoms with van der Waals surface area (Å²) in [5, 5.41) is 0.634. The average molecular weight is 272 g/mol. The van der Waals surface area contributed by atoms with Crippen molar-refractivity contribution in [2.45, 2.75) is 12.5 Å². The van der Waals surface area contributed by atoms with E-state index in [1.165, 1.54) is 0 Å². The first-order chi connectivity index (χ1) is 8.70. The average Bonchev–Trinajstić information content (AvgIpc) is 2.77. The van der Waals surface area contributed by atoms with E-state index in [0.29, 0.717) is 30.4 Å². The van der Waals surface area contributed by atoms with Gasteiger partial charge in [-0.25, -0.2) is 5.48 Å². The summed E-state index contributed by atoms with van der Waals surface area (Å²) in [6.07, 6.45) is -0.0731. The third-order valence-corrected chi connectivity index (χ3v) is 2.79. The van der Waals surface area contributed by atoms with E-state index < -0.39 is 6.10 Å². The SMILES string of the molecule is COCCONC(=O)C1Cc2cc(Cl)ccc2O1. The molecule has 1 aliphatic rings. The maximum atomic E-state index is 11.7. The summed E-state index contributed by atoms with van der Waals surface area (Å²) in [5.74, 6) is 0.384. The van der Waals surface area contributed by atoms with Crippen LogP contribution in [0.5, 0.6) is 5.75 Å². The molecule has 1 atom stereocenters. The number of hydrogen-bond acceptors (Lipinski definition) is 4. The molecule has 1 amide bonds. The van der Waals surface area contributed by atoms with Gasteiger partial charge in [-0.3, -0.25) is 9.63 Å². The van der Waals surface area contributed by atoms with Crippen LogP contribution in [-0.2, 0) is 20.8 Å². The van der Waals surface area contributed by atoms with Crippen molar-refractivity contribution in [2.75, 3.05) is 20.3 Å². The molecule has 1 aromatic rings.